The largest absolute Gasteiger partial charge is 0.445 e. The summed E-state index contributed by atoms with van der Waals surface area (Å²) in [6, 6.07) is 9.19. The summed E-state index contributed by atoms with van der Waals surface area (Å²) in [7, 11) is -3.60. The van der Waals surface area contributed by atoms with Gasteiger partial charge in [0.1, 0.15) is 6.61 Å². The first-order valence-electron chi connectivity index (χ1n) is 5.78. The Balaban J connectivity index is 1.82. The molecule has 0 atom stereocenters. The molecule has 0 saturated heterocycles. The van der Waals surface area contributed by atoms with E-state index in [0.717, 1.165) is 11.8 Å². The molecule has 7 heteroatoms. The van der Waals surface area contributed by atoms with Gasteiger partial charge in [-0.15, -0.1) is 0 Å². The number of carbonyl (C=O) groups excluding carboxylic acids is 1. The Morgan fingerprint density at radius 3 is 2.47 bits per heavy atom. The van der Waals surface area contributed by atoms with Crippen molar-refractivity contribution < 1.29 is 22.1 Å². The Kier molecular flexibility index (Phi) is 3.77. The standard InChI is InChI=1S/C12H15NO5S/c1-19(15,16)18-12(7-8-12)13-11(14)17-9-10-5-3-2-4-6-10/h2-6H,7-9H2,1H3,(H,13,14). The molecule has 0 radical (unpaired) electrons. The van der Waals surface area contributed by atoms with Gasteiger partial charge in [-0.2, -0.15) is 8.42 Å². The summed E-state index contributed by atoms with van der Waals surface area (Å²) in [5, 5.41) is 2.43. The molecule has 0 unspecified atom stereocenters. The summed E-state index contributed by atoms with van der Waals surface area (Å²) < 4.78 is 31.9. The van der Waals surface area contributed by atoms with Crippen molar-refractivity contribution in [2.75, 3.05) is 6.26 Å². The third-order valence-corrected chi connectivity index (χ3v) is 3.18. The van der Waals surface area contributed by atoms with Crippen LogP contribution in [0.15, 0.2) is 30.3 Å². The summed E-state index contributed by atoms with van der Waals surface area (Å²) in [4.78, 5) is 11.5. The minimum absolute atomic E-state index is 0.127. The molecule has 1 saturated carbocycles. The first kappa shape index (κ1) is 13.8. The predicted molar refractivity (Wildman–Crippen MR) is 67.7 cm³/mol. The maximum atomic E-state index is 11.5. The molecule has 19 heavy (non-hydrogen) atoms. The molecule has 1 amide bonds. The smallest absolute Gasteiger partial charge is 0.409 e. The van der Waals surface area contributed by atoms with Crippen LogP contribution in [-0.4, -0.2) is 26.5 Å². The average molecular weight is 285 g/mol. The zero-order chi connectivity index (χ0) is 13.9. The van der Waals surface area contributed by atoms with E-state index < -0.39 is 21.9 Å². The predicted octanol–water partition coefficient (Wildman–Crippen LogP) is 1.38. The second-order valence-corrected chi connectivity index (χ2v) is 6.04. The van der Waals surface area contributed by atoms with Crippen LogP contribution in [0.25, 0.3) is 0 Å². The fraction of sp³-hybridized carbons (Fsp3) is 0.417. The molecule has 0 heterocycles. The van der Waals surface area contributed by atoms with Gasteiger partial charge in [0.25, 0.3) is 10.1 Å². The Morgan fingerprint density at radius 2 is 1.95 bits per heavy atom. The molecule has 104 valence electrons. The number of nitrogens with one attached hydrogen (secondary N) is 1. The monoisotopic (exact) mass is 285 g/mol. The number of ether oxygens (including phenoxy) is 1. The van der Waals surface area contributed by atoms with Gasteiger partial charge < -0.3 is 4.74 Å². The molecule has 2 rings (SSSR count). The van der Waals surface area contributed by atoms with Crippen LogP contribution in [0.5, 0.6) is 0 Å². The molecule has 1 aromatic carbocycles. The summed E-state index contributed by atoms with van der Waals surface area (Å²) in [5.74, 6) is 0. The van der Waals surface area contributed by atoms with Crippen molar-refractivity contribution in [1.82, 2.24) is 5.32 Å². The SMILES string of the molecule is CS(=O)(=O)OC1(NC(=O)OCc2ccccc2)CC1. The topological polar surface area (TPSA) is 81.7 Å². The summed E-state index contributed by atoms with van der Waals surface area (Å²) in [6.07, 6.45) is 1.18. The van der Waals surface area contributed by atoms with Crippen molar-refractivity contribution in [3.8, 4) is 0 Å². The van der Waals surface area contributed by atoms with Gasteiger partial charge in [-0.25, -0.2) is 8.98 Å². The van der Waals surface area contributed by atoms with E-state index >= 15 is 0 Å². The van der Waals surface area contributed by atoms with Crippen LogP contribution in [0.2, 0.25) is 0 Å². The van der Waals surface area contributed by atoms with Crippen molar-refractivity contribution in [3.63, 3.8) is 0 Å². The van der Waals surface area contributed by atoms with Crippen LogP contribution in [-0.2, 0) is 25.6 Å². The molecule has 0 aromatic heterocycles. The van der Waals surface area contributed by atoms with Crippen molar-refractivity contribution in [1.29, 1.82) is 0 Å². The minimum atomic E-state index is -3.60. The highest BCUT2D eigenvalue weighted by atomic mass is 32.2. The molecule has 6 nitrogen and oxygen atoms in total. The van der Waals surface area contributed by atoms with Crippen LogP contribution in [0.1, 0.15) is 18.4 Å². The Bertz CT molecular complexity index is 551. The highest BCUT2D eigenvalue weighted by Gasteiger charge is 2.49. The van der Waals surface area contributed by atoms with E-state index in [4.69, 9.17) is 8.92 Å². The van der Waals surface area contributed by atoms with Gasteiger partial charge in [0, 0.05) is 12.8 Å². The lowest BCUT2D eigenvalue weighted by Crippen LogP contribution is -2.40. The summed E-state index contributed by atoms with van der Waals surface area (Å²) >= 11 is 0. The Labute approximate surface area is 111 Å². The van der Waals surface area contributed by atoms with E-state index in [1.807, 2.05) is 30.3 Å². The molecule has 0 bridgehead atoms. The molecule has 1 N–H and O–H groups in total. The number of rotatable bonds is 5. The molecule has 1 aliphatic carbocycles. The van der Waals surface area contributed by atoms with Crippen LogP contribution >= 0.6 is 0 Å². The fourth-order valence-electron chi connectivity index (χ4n) is 1.58. The van der Waals surface area contributed by atoms with E-state index in [1.54, 1.807) is 0 Å². The maximum Gasteiger partial charge on any atom is 0.409 e. The quantitative estimate of drug-likeness (QED) is 0.653. The number of benzene rings is 1. The van der Waals surface area contributed by atoms with E-state index in [-0.39, 0.29) is 6.61 Å². The first-order valence-corrected chi connectivity index (χ1v) is 7.60. The molecule has 0 aliphatic heterocycles. The number of amides is 1. The lowest BCUT2D eigenvalue weighted by Gasteiger charge is -2.16. The zero-order valence-corrected chi connectivity index (χ0v) is 11.3. The summed E-state index contributed by atoms with van der Waals surface area (Å²) in [5.41, 5.74) is -0.257. The minimum Gasteiger partial charge on any atom is -0.445 e. The first-order chi connectivity index (χ1) is 8.89. The zero-order valence-electron chi connectivity index (χ0n) is 10.5. The Morgan fingerprint density at radius 1 is 1.32 bits per heavy atom. The van der Waals surface area contributed by atoms with Crippen molar-refractivity contribution in [2.24, 2.45) is 0 Å². The van der Waals surface area contributed by atoms with Crippen LogP contribution in [0.4, 0.5) is 4.79 Å². The van der Waals surface area contributed by atoms with Gasteiger partial charge in [-0.05, 0) is 5.56 Å². The van der Waals surface area contributed by atoms with Gasteiger partial charge >= 0.3 is 6.09 Å². The molecule has 0 spiro atoms. The fourth-order valence-corrected chi connectivity index (χ4v) is 2.37. The highest BCUT2D eigenvalue weighted by Crippen LogP contribution is 2.37. The van der Waals surface area contributed by atoms with E-state index in [0.29, 0.717) is 12.8 Å². The molecular weight excluding hydrogens is 270 g/mol. The van der Waals surface area contributed by atoms with Crippen LogP contribution in [0, 0.1) is 0 Å². The lowest BCUT2D eigenvalue weighted by molar-refractivity contribution is 0.0989. The number of hydrogen-bond donors (Lipinski definition) is 1. The van der Waals surface area contributed by atoms with Crippen molar-refractivity contribution >= 4 is 16.2 Å². The maximum absolute atomic E-state index is 11.5. The molecule has 1 fully saturated rings. The van der Waals surface area contributed by atoms with E-state index in [9.17, 15) is 13.2 Å². The van der Waals surface area contributed by atoms with E-state index in [2.05, 4.69) is 5.32 Å². The Hall–Kier alpha value is -1.60. The van der Waals surface area contributed by atoms with E-state index in [1.165, 1.54) is 0 Å². The van der Waals surface area contributed by atoms with Gasteiger partial charge in [0.2, 0.25) is 0 Å². The lowest BCUT2D eigenvalue weighted by atomic mass is 10.2. The van der Waals surface area contributed by atoms with Crippen LogP contribution in [0.3, 0.4) is 0 Å². The second-order valence-electron chi connectivity index (χ2n) is 4.47. The van der Waals surface area contributed by atoms with Gasteiger partial charge in [-0.1, -0.05) is 30.3 Å². The van der Waals surface area contributed by atoms with Crippen molar-refractivity contribution in [3.05, 3.63) is 35.9 Å². The molecular formula is C12H15NO5S. The van der Waals surface area contributed by atoms with Crippen LogP contribution < -0.4 is 5.32 Å². The second kappa shape index (κ2) is 5.18. The molecule has 1 aliphatic rings. The molecule has 1 aromatic rings. The number of hydrogen-bond acceptors (Lipinski definition) is 5. The number of alkyl carbamates (subject to hydrolysis) is 1. The van der Waals surface area contributed by atoms with Gasteiger partial charge in [0.05, 0.1) is 6.26 Å². The third-order valence-electron chi connectivity index (χ3n) is 2.56. The number of carbonyl (C=O) groups is 1. The summed E-state index contributed by atoms with van der Waals surface area (Å²) in [6.45, 7) is 0.127. The normalized spacial score (nSPS) is 16.7. The third kappa shape index (κ3) is 4.53. The van der Waals surface area contributed by atoms with Gasteiger partial charge in [0.15, 0.2) is 5.72 Å². The average Bonchev–Trinajstić information content (AvgIpc) is 3.04. The van der Waals surface area contributed by atoms with Gasteiger partial charge in [-0.3, -0.25) is 5.32 Å². The van der Waals surface area contributed by atoms with Crippen molar-refractivity contribution in [2.45, 2.75) is 25.2 Å². The highest BCUT2D eigenvalue weighted by molar-refractivity contribution is 7.86.